The van der Waals surface area contributed by atoms with E-state index >= 15 is 0 Å². The van der Waals surface area contributed by atoms with Crippen LogP contribution in [0.5, 0.6) is 0 Å². The Bertz CT molecular complexity index is 464. The number of nitrogens with two attached hydrogens (primary N) is 1. The standard InChI is InChI=1S/C15H22FN3O2.2ClH/c1-21-14(11-17)10-15(20)19-8-6-18(7-9-19)13-4-2-12(16)3-5-13;;/h2-5,14H,6-11,17H2,1H3;2*1H. The Labute approximate surface area is 148 Å². The van der Waals surface area contributed by atoms with Crippen molar-refractivity contribution in [3.8, 4) is 0 Å². The van der Waals surface area contributed by atoms with Gasteiger partial charge in [-0.2, -0.15) is 0 Å². The summed E-state index contributed by atoms with van der Waals surface area (Å²) in [6.45, 7) is 3.17. The van der Waals surface area contributed by atoms with Crippen LogP contribution in [0, 0.1) is 5.82 Å². The highest BCUT2D eigenvalue weighted by molar-refractivity contribution is 5.85. The second kappa shape index (κ2) is 10.6. The highest BCUT2D eigenvalue weighted by Crippen LogP contribution is 2.17. The molecule has 1 heterocycles. The molecule has 8 heteroatoms. The molecule has 1 aliphatic rings. The van der Waals surface area contributed by atoms with Crippen LogP contribution >= 0.6 is 24.8 Å². The van der Waals surface area contributed by atoms with E-state index in [4.69, 9.17) is 10.5 Å². The molecule has 23 heavy (non-hydrogen) atoms. The maximum Gasteiger partial charge on any atom is 0.225 e. The average molecular weight is 368 g/mol. The predicted octanol–water partition coefficient (Wildman–Crippen LogP) is 1.68. The molecule has 0 spiro atoms. The lowest BCUT2D eigenvalue weighted by atomic mass is 10.2. The fraction of sp³-hybridized carbons (Fsp3) is 0.533. The number of halogens is 3. The lowest BCUT2D eigenvalue weighted by Gasteiger charge is -2.36. The van der Waals surface area contributed by atoms with Gasteiger partial charge in [-0.05, 0) is 24.3 Å². The minimum Gasteiger partial charge on any atom is -0.380 e. The zero-order chi connectivity index (χ0) is 15.2. The van der Waals surface area contributed by atoms with Crippen LogP contribution in [0.3, 0.4) is 0 Å². The van der Waals surface area contributed by atoms with Crippen LogP contribution in [0.1, 0.15) is 6.42 Å². The number of hydrogen-bond donors (Lipinski definition) is 1. The number of nitrogens with zero attached hydrogens (tertiary/aromatic N) is 2. The van der Waals surface area contributed by atoms with Crippen LogP contribution in [0.4, 0.5) is 10.1 Å². The minimum absolute atomic E-state index is 0. The number of piperazine rings is 1. The topological polar surface area (TPSA) is 58.8 Å². The van der Waals surface area contributed by atoms with E-state index < -0.39 is 0 Å². The van der Waals surface area contributed by atoms with Gasteiger partial charge in [-0.3, -0.25) is 4.79 Å². The van der Waals surface area contributed by atoms with Crippen molar-refractivity contribution in [1.82, 2.24) is 4.90 Å². The molecule has 2 N–H and O–H groups in total. The molecule has 2 rings (SSSR count). The van der Waals surface area contributed by atoms with E-state index in [2.05, 4.69) is 4.90 Å². The van der Waals surface area contributed by atoms with E-state index in [1.54, 1.807) is 19.2 Å². The van der Waals surface area contributed by atoms with Gasteiger partial charge < -0.3 is 20.3 Å². The summed E-state index contributed by atoms with van der Waals surface area (Å²) in [7, 11) is 1.57. The second-order valence-corrected chi connectivity index (χ2v) is 5.14. The molecule has 1 fully saturated rings. The van der Waals surface area contributed by atoms with Gasteiger partial charge in [0, 0.05) is 45.5 Å². The number of methoxy groups -OCH3 is 1. The molecule has 1 aromatic carbocycles. The monoisotopic (exact) mass is 367 g/mol. The van der Waals surface area contributed by atoms with Gasteiger partial charge in [-0.1, -0.05) is 0 Å². The summed E-state index contributed by atoms with van der Waals surface area (Å²) in [6.07, 6.45) is 0.108. The van der Waals surface area contributed by atoms with Crippen molar-refractivity contribution in [3.05, 3.63) is 30.1 Å². The summed E-state index contributed by atoms with van der Waals surface area (Å²) in [6, 6.07) is 6.44. The molecule has 1 aromatic rings. The van der Waals surface area contributed by atoms with Crippen molar-refractivity contribution in [2.24, 2.45) is 5.73 Å². The fourth-order valence-corrected chi connectivity index (χ4v) is 2.45. The van der Waals surface area contributed by atoms with Gasteiger partial charge in [0.2, 0.25) is 5.91 Å². The number of ether oxygens (including phenoxy) is 1. The van der Waals surface area contributed by atoms with Crippen LogP contribution in [-0.2, 0) is 9.53 Å². The van der Waals surface area contributed by atoms with Crippen LogP contribution in [-0.4, -0.2) is 56.7 Å². The van der Waals surface area contributed by atoms with E-state index in [9.17, 15) is 9.18 Å². The van der Waals surface area contributed by atoms with Crippen molar-refractivity contribution in [3.63, 3.8) is 0 Å². The van der Waals surface area contributed by atoms with Gasteiger partial charge in [0.05, 0.1) is 12.5 Å². The lowest BCUT2D eigenvalue weighted by Crippen LogP contribution is -2.49. The molecule has 5 nitrogen and oxygen atoms in total. The normalized spacial score (nSPS) is 15.4. The quantitative estimate of drug-likeness (QED) is 0.859. The smallest absolute Gasteiger partial charge is 0.225 e. The molecule has 0 aromatic heterocycles. The Morgan fingerprint density at radius 1 is 1.22 bits per heavy atom. The molecule has 1 amide bonds. The SMILES string of the molecule is COC(CN)CC(=O)N1CCN(c2ccc(F)cc2)CC1.Cl.Cl. The molecule has 0 radical (unpaired) electrons. The predicted molar refractivity (Wildman–Crippen MR) is 94.2 cm³/mol. The summed E-state index contributed by atoms with van der Waals surface area (Å²) >= 11 is 0. The molecule has 1 atom stereocenters. The van der Waals surface area contributed by atoms with Gasteiger partial charge in [0.25, 0.3) is 0 Å². The maximum atomic E-state index is 12.9. The van der Waals surface area contributed by atoms with Crippen molar-refractivity contribution in [2.45, 2.75) is 12.5 Å². The van der Waals surface area contributed by atoms with E-state index in [1.165, 1.54) is 12.1 Å². The molecule has 132 valence electrons. The molecule has 1 saturated heterocycles. The molecular formula is C15H24Cl2FN3O2. The van der Waals surface area contributed by atoms with Crippen LogP contribution in [0.15, 0.2) is 24.3 Å². The number of carbonyl (C=O) groups excluding carboxylic acids is 1. The zero-order valence-corrected chi connectivity index (χ0v) is 14.7. The Kier molecular flexibility index (Phi) is 10.1. The average Bonchev–Trinajstić information content (AvgIpc) is 2.53. The molecule has 0 saturated carbocycles. The highest BCUT2D eigenvalue weighted by atomic mass is 35.5. The van der Waals surface area contributed by atoms with E-state index in [0.29, 0.717) is 26.1 Å². The Morgan fingerprint density at radius 2 is 1.78 bits per heavy atom. The van der Waals surface area contributed by atoms with Gasteiger partial charge in [-0.15, -0.1) is 24.8 Å². The third-order valence-corrected chi connectivity index (χ3v) is 3.82. The molecular weight excluding hydrogens is 344 g/mol. The molecule has 1 unspecified atom stereocenters. The maximum absolute atomic E-state index is 12.9. The summed E-state index contributed by atoms with van der Waals surface area (Å²) in [5, 5.41) is 0. The number of hydrogen-bond acceptors (Lipinski definition) is 4. The Balaban J connectivity index is 0.00000242. The van der Waals surface area contributed by atoms with E-state index in [1.807, 2.05) is 4.90 Å². The van der Waals surface area contributed by atoms with Crippen molar-refractivity contribution in [1.29, 1.82) is 0 Å². The first-order valence-corrected chi connectivity index (χ1v) is 7.15. The number of rotatable bonds is 5. The number of amides is 1. The fourth-order valence-electron chi connectivity index (χ4n) is 2.45. The second-order valence-electron chi connectivity index (χ2n) is 5.14. The Hall–Kier alpha value is -1.08. The minimum atomic E-state index is -0.236. The number of benzene rings is 1. The van der Waals surface area contributed by atoms with Gasteiger partial charge in [0.15, 0.2) is 0 Å². The first-order chi connectivity index (χ1) is 10.1. The summed E-state index contributed by atoms with van der Waals surface area (Å²) < 4.78 is 18.1. The Morgan fingerprint density at radius 3 is 2.26 bits per heavy atom. The zero-order valence-electron chi connectivity index (χ0n) is 13.1. The van der Waals surface area contributed by atoms with E-state index in [0.717, 1.165) is 18.8 Å². The van der Waals surface area contributed by atoms with Crippen LogP contribution < -0.4 is 10.6 Å². The first-order valence-electron chi connectivity index (χ1n) is 7.15. The van der Waals surface area contributed by atoms with Gasteiger partial charge in [0.1, 0.15) is 5.82 Å². The lowest BCUT2D eigenvalue weighted by molar-refractivity contribution is -0.133. The molecule has 0 aliphatic carbocycles. The number of carbonyl (C=O) groups is 1. The highest BCUT2D eigenvalue weighted by Gasteiger charge is 2.23. The van der Waals surface area contributed by atoms with Crippen molar-refractivity contribution >= 4 is 36.4 Å². The van der Waals surface area contributed by atoms with Crippen molar-refractivity contribution < 1.29 is 13.9 Å². The number of anilines is 1. The first kappa shape index (κ1) is 21.9. The molecule has 1 aliphatic heterocycles. The van der Waals surface area contributed by atoms with Crippen LogP contribution in [0.2, 0.25) is 0 Å². The van der Waals surface area contributed by atoms with Gasteiger partial charge in [-0.25, -0.2) is 4.39 Å². The van der Waals surface area contributed by atoms with Gasteiger partial charge >= 0.3 is 0 Å². The summed E-state index contributed by atoms with van der Waals surface area (Å²) in [4.78, 5) is 16.1. The summed E-state index contributed by atoms with van der Waals surface area (Å²) in [5.41, 5.74) is 6.52. The largest absolute Gasteiger partial charge is 0.380 e. The third kappa shape index (κ3) is 6.14. The summed E-state index contributed by atoms with van der Waals surface area (Å²) in [5.74, 6) is -0.161. The van der Waals surface area contributed by atoms with Crippen molar-refractivity contribution in [2.75, 3.05) is 44.7 Å². The van der Waals surface area contributed by atoms with E-state index in [-0.39, 0.29) is 42.6 Å². The van der Waals surface area contributed by atoms with Crippen LogP contribution in [0.25, 0.3) is 0 Å². The molecule has 0 bridgehead atoms. The third-order valence-electron chi connectivity index (χ3n) is 3.82.